The van der Waals surface area contributed by atoms with Crippen LogP contribution in [0.3, 0.4) is 0 Å². The lowest BCUT2D eigenvalue weighted by Gasteiger charge is -2.36. The van der Waals surface area contributed by atoms with Gasteiger partial charge in [-0.05, 0) is 32.6 Å². The van der Waals surface area contributed by atoms with Gasteiger partial charge >= 0.3 is 0 Å². The first-order valence-corrected chi connectivity index (χ1v) is 5.25. The standard InChI is InChI=1S/C10H20N2/c1-8(2)12-6-5-11-10(7-12)9-3-4-9/h8-11H,3-7H2,1-2H3/t10-/m1/s1. The fourth-order valence-corrected chi connectivity index (χ4v) is 2.09. The van der Waals surface area contributed by atoms with E-state index < -0.39 is 0 Å². The molecule has 2 heteroatoms. The Bertz CT molecular complexity index is 144. The van der Waals surface area contributed by atoms with E-state index in [9.17, 15) is 0 Å². The Labute approximate surface area is 75.3 Å². The van der Waals surface area contributed by atoms with Crippen molar-refractivity contribution < 1.29 is 0 Å². The van der Waals surface area contributed by atoms with Gasteiger partial charge in [0, 0.05) is 31.7 Å². The van der Waals surface area contributed by atoms with E-state index in [2.05, 4.69) is 24.1 Å². The Morgan fingerprint density at radius 1 is 1.33 bits per heavy atom. The fraction of sp³-hybridized carbons (Fsp3) is 1.00. The maximum atomic E-state index is 3.62. The number of hydrogen-bond donors (Lipinski definition) is 1. The summed E-state index contributed by atoms with van der Waals surface area (Å²) in [5.41, 5.74) is 0. The van der Waals surface area contributed by atoms with Gasteiger partial charge in [0.15, 0.2) is 0 Å². The van der Waals surface area contributed by atoms with Crippen molar-refractivity contribution in [3.05, 3.63) is 0 Å². The van der Waals surface area contributed by atoms with Gasteiger partial charge in [0.1, 0.15) is 0 Å². The van der Waals surface area contributed by atoms with Crippen LogP contribution < -0.4 is 5.32 Å². The van der Waals surface area contributed by atoms with Crippen LogP contribution in [0.15, 0.2) is 0 Å². The lowest BCUT2D eigenvalue weighted by atomic mass is 10.1. The molecule has 0 unspecified atom stereocenters. The summed E-state index contributed by atoms with van der Waals surface area (Å²) in [6.07, 6.45) is 2.92. The zero-order valence-corrected chi connectivity index (χ0v) is 8.21. The largest absolute Gasteiger partial charge is 0.311 e. The van der Waals surface area contributed by atoms with E-state index in [0.29, 0.717) is 0 Å². The Hall–Kier alpha value is -0.0800. The highest BCUT2D eigenvalue weighted by molar-refractivity contribution is 4.91. The third-order valence-corrected chi connectivity index (χ3v) is 3.16. The summed E-state index contributed by atoms with van der Waals surface area (Å²) in [6.45, 7) is 8.31. The van der Waals surface area contributed by atoms with Crippen LogP contribution in [0.1, 0.15) is 26.7 Å². The average Bonchev–Trinajstić information content (AvgIpc) is 2.87. The van der Waals surface area contributed by atoms with E-state index in [4.69, 9.17) is 0 Å². The highest BCUT2D eigenvalue weighted by Gasteiger charge is 2.34. The molecule has 1 atom stereocenters. The van der Waals surface area contributed by atoms with E-state index in [-0.39, 0.29) is 0 Å². The SMILES string of the molecule is CC(C)N1CCN[C@@H](C2CC2)C1. The van der Waals surface area contributed by atoms with Crippen molar-refractivity contribution >= 4 is 0 Å². The summed E-state index contributed by atoms with van der Waals surface area (Å²) in [4.78, 5) is 2.60. The van der Waals surface area contributed by atoms with Gasteiger partial charge in [-0.3, -0.25) is 4.90 Å². The lowest BCUT2D eigenvalue weighted by Crippen LogP contribution is -2.53. The zero-order chi connectivity index (χ0) is 8.55. The zero-order valence-electron chi connectivity index (χ0n) is 8.21. The van der Waals surface area contributed by atoms with Gasteiger partial charge in [-0.1, -0.05) is 0 Å². The molecule has 0 radical (unpaired) electrons. The highest BCUT2D eigenvalue weighted by atomic mass is 15.2. The third-order valence-electron chi connectivity index (χ3n) is 3.16. The first-order valence-electron chi connectivity index (χ1n) is 5.25. The van der Waals surface area contributed by atoms with E-state index >= 15 is 0 Å². The second-order valence-electron chi connectivity index (χ2n) is 4.49. The minimum absolute atomic E-state index is 0.730. The Balaban J connectivity index is 1.85. The predicted octanol–water partition coefficient (Wildman–Crippen LogP) is 1.08. The smallest absolute Gasteiger partial charge is 0.0223 e. The highest BCUT2D eigenvalue weighted by Crippen LogP contribution is 2.33. The van der Waals surface area contributed by atoms with Gasteiger partial charge in [-0.15, -0.1) is 0 Å². The molecule has 1 heterocycles. The molecule has 1 N–H and O–H groups in total. The first kappa shape index (κ1) is 8.52. The van der Waals surface area contributed by atoms with Crippen LogP contribution in [-0.2, 0) is 0 Å². The molecule has 12 heavy (non-hydrogen) atoms. The van der Waals surface area contributed by atoms with Gasteiger partial charge in [-0.25, -0.2) is 0 Å². The van der Waals surface area contributed by atoms with Crippen molar-refractivity contribution in [2.75, 3.05) is 19.6 Å². The molecule has 70 valence electrons. The molecule has 0 bridgehead atoms. The van der Waals surface area contributed by atoms with Crippen LogP contribution in [0.25, 0.3) is 0 Å². The number of rotatable bonds is 2. The molecule has 0 aromatic heterocycles. The normalized spacial score (nSPS) is 32.8. The van der Waals surface area contributed by atoms with Crippen molar-refractivity contribution in [1.82, 2.24) is 10.2 Å². The lowest BCUT2D eigenvalue weighted by molar-refractivity contribution is 0.153. The molecule has 1 aliphatic heterocycles. The summed E-state index contributed by atoms with van der Waals surface area (Å²) in [6, 6.07) is 1.54. The van der Waals surface area contributed by atoms with E-state index in [1.165, 1.54) is 32.5 Å². The second kappa shape index (κ2) is 3.35. The number of nitrogens with one attached hydrogen (secondary N) is 1. The number of nitrogens with zero attached hydrogens (tertiary/aromatic N) is 1. The molecule has 1 aliphatic carbocycles. The first-order chi connectivity index (χ1) is 5.77. The Kier molecular flexibility index (Phi) is 2.37. The Morgan fingerprint density at radius 3 is 2.67 bits per heavy atom. The van der Waals surface area contributed by atoms with E-state index in [0.717, 1.165) is 18.0 Å². The quantitative estimate of drug-likeness (QED) is 0.663. The summed E-state index contributed by atoms with van der Waals surface area (Å²) < 4.78 is 0. The minimum atomic E-state index is 0.730. The summed E-state index contributed by atoms with van der Waals surface area (Å²) >= 11 is 0. The van der Waals surface area contributed by atoms with Crippen molar-refractivity contribution in [2.45, 2.75) is 38.8 Å². The van der Waals surface area contributed by atoms with Crippen molar-refractivity contribution in [1.29, 1.82) is 0 Å². The summed E-state index contributed by atoms with van der Waals surface area (Å²) in [7, 11) is 0. The van der Waals surface area contributed by atoms with E-state index in [1.54, 1.807) is 0 Å². The van der Waals surface area contributed by atoms with Gasteiger partial charge in [-0.2, -0.15) is 0 Å². The van der Waals surface area contributed by atoms with Crippen LogP contribution in [0, 0.1) is 5.92 Å². The molecule has 2 rings (SSSR count). The van der Waals surface area contributed by atoms with Crippen LogP contribution >= 0.6 is 0 Å². The topological polar surface area (TPSA) is 15.3 Å². The third kappa shape index (κ3) is 1.80. The molecule has 0 aromatic carbocycles. The Morgan fingerprint density at radius 2 is 2.08 bits per heavy atom. The monoisotopic (exact) mass is 168 g/mol. The molecule has 2 fully saturated rings. The molecule has 1 saturated heterocycles. The van der Waals surface area contributed by atoms with Gasteiger partial charge in [0.25, 0.3) is 0 Å². The van der Waals surface area contributed by atoms with Crippen molar-refractivity contribution in [2.24, 2.45) is 5.92 Å². The summed E-state index contributed by atoms with van der Waals surface area (Å²) in [5, 5.41) is 3.62. The van der Waals surface area contributed by atoms with Crippen LogP contribution in [0.4, 0.5) is 0 Å². The van der Waals surface area contributed by atoms with Crippen molar-refractivity contribution in [3.8, 4) is 0 Å². The molecular weight excluding hydrogens is 148 g/mol. The minimum Gasteiger partial charge on any atom is -0.311 e. The summed E-state index contributed by atoms with van der Waals surface area (Å²) in [5.74, 6) is 1.01. The molecular formula is C10H20N2. The van der Waals surface area contributed by atoms with Crippen LogP contribution in [0.5, 0.6) is 0 Å². The van der Waals surface area contributed by atoms with Gasteiger partial charge < -0.3 is 5.32 Å². The van der Waals surface area contributed by atoms with Crippen LogP contribution in [-0.4, -0.2) is 36.6 Å². The van der Waals surface area contributed by atoms with Gasteiger partial charge in [0.05, 0.1) is 0 Å². The number of hydrogen-bond acceptors (Lipinski definition) is 2. The molecule has 0 amide bonds. The number of piperazine rings is 1. The molecule has 2 nitrogen and oxygen atoms in total. The fourth-order valence-electron chi connectivity index (χ4n) is 2.09. The van der Waals surface area contributed by atoms with Gasteiger partial charge in [0.2, 0.25) is 0 Å². The van der Waals surface area contributed by atoms with Crippen LogP contribution in [0.2, 0.25) is 0 Å². The molecule has 2 aliphatic rings. The van der Waals surface area contributed by atoms with E-state index in [1.807, 2.05) is 0 Å². The molecule has 0 spiro atoms. The maximum absolute atomic E-state index is 3.62. The second-order valence-corrected chi connectivity index (χ2v) is 4.49. The maximum Gasteiger partial charge on any atom is 0.0223 e. The average molecular weight is 168 g/mol. The predicted molar refractivity (Wildman–Crippen MR) is 51.2 cm³/mol. The molecule has 1 saturated carbocycles. The molecule has 0 aromatic rings. The van der Waals surface area contributed by atoms with Crippen molar-refractivity contribution in [3.63, 3.8) is 0 Å².